The second-order valence-electron chi connectivity index (χ2n) is 5.32. The molecule has 0 saturated carbocycles. The van der Waals surface area contributed by atoms with E-state index in [-0.39, 0.29) is 11.9 Å². The number of halogens is 1. The second-order valence-corrected chi connectivity index (χ2v) is 6.73. The second kappa shape index (κ2) is 6.09. The number of thiazole rings is 1. The molecule has 4 rings (SSSR count). The predicted octanol–water partition coefficient (Wildman–Crippen LogP) is 2.57. The highest BCUT2D eigenvalue weighted by Crippen LogP contribution is 2.41. The number of aromatic hydroxyl groups is 1. The molecule has 120 valence electrons. The number of fused-ring (bicyclic) bond motifs is 1. The van der Waals surface area contributed by atoms with E-state index in [1.165, 1.54) is 22.2 Å². The average Bonchev–Trinajstić information content (AvgIpc) is 3.15. The van der Waals surface area contributed by atoms with Crippen molar-refractivity contribution in [3.8, 4) is 5.88 Å². The molecular formula is C15H15ClN4O2S. The first kappa shape index (κ1) is 14.9. The molecular weight excluding hydrogens is 336 g/mol. The fourth-order valence-corrected chi connectivity index (χ4v) is 4.23. The van der Waals surface area contributed by atoms with Crippen LogP contribution in [-0.2, 0) is 4.74 Å². The molecule has 1 atom stereocenters. The van der Waals surface area contributed by atoms with Gasteiger partial charge in [0, 0.05) is 18.1 Å². The Bertz CT molecular complexity index is 828. The monoisotopic (exact) mass is 350 g/mol. The molecule has 0 amide bonds. The first-order valence-electron chi connectivity index (χ1n) is 7.33. The molecule has 3 heterocycles. The molecule has 3 aromatic rings. The van der Waals surface area contributed by atoms with Crippen LogP contribution in [-0.4, -0.2) is 50.9 Å². The van der Waals surface area contributed by atoms with Gasteiger partial charge in [-0.05, 0) is 11.6 Å². The van der Waals surface area contributed by atoms with E-state index in [0.29, 0.717) is 23.2 Å². The van der Waals surface area contributed by atoms with E-state index in [9.17, 15) is 5.11 Å². The van der Waals surface area contributed by atoms with Crippen molar-refractivity contribution in [1.29, 1.82) is 0 Å². The Kier molecular flexibility index (Phi) is 3.94. The molecule has 6 nitrogen and oxygen atoms in total. The van der Waals surface area contributed by atoms with Gasteiger partial charge in [0.2, 0.25) is 10.8 Å². The zero-order valence-corrected chi connectivity index (χ0v) is 13.8. The lowest BCUT2D eigenvalue weighted by Gasteiger charge is -2.34. The molecule has 2 aromatic heterocycles. The van der Waals surface area contributed by atoms with E-state index in [2.05, 4.69) is 15.0 Å². The molecule has 1 aliphatic rings. The smallest absolute Gasteiger partial charge is 0.230 e. The molecule has 1 N–H and O–H groups in total. The van der Waals surface area contributed by atoms with Crippen LogP contribution < -0.4 is 0 Å². The Hall–Kier alpha value is -1.67. The third kappa shape index (κ3) is 2.59. The average molecular weight is 351 g/mol. The van der Waals surface area contributed by atoms with Gasteiger partial charge in [-0.15, -0.1) is 0 Å². The lowest BCUT2D eigenvalue weighted by atomic mass is 10.0. The third-order valence-corrected chi connectivity index (χ3v) is 5.43. The summed E-state index contributed by atoms with van der Waals surface area (Å²) in [5, 5.41) is 15.4. The summed E-state index contributed by atoms with van der Waals surface area (Å²) >= 11 is 7.87. The molecule has 1 fully saturated rings. The summed E-state index contributed by atoms with van der Waals surface area (Å²) in [7, 11) is 0. The molecule has 8 heteroatoms. The van der Waals surface area contributed by atoms with E-state index in [1.54, 1.807) is 0 Å². The minimum atomic E-state index is -0.138. The van der Waals surface area contributed by atoms with Gasteiger partial charge in [0.05, 0.1) is 24.1 Å². The van der Waals surface area contributed by atoms with E-state index < -0.39 is 0 Å². The highest BCUT2D eigenvalue weighted by atomic mass is 35.5. The zero-order valence-electron chi connectivity index (χ0n) is 12.2. The minimum absolute atomic E-state index is 0.124. The number of rotatable bonds is 3. The molecule has 1 saturated heterocycles. The fourth-order valence-electron chi connectivity index (χ4n) is 2.91. The lowest BCUT2D eigenvalue weighted by Crippen LogP contribution is -2.39. The SMILES string of the molecule is Oc1c(C(c2ccccc2Cl)N2CCOCC2)sc2ncnn12. The van der Waals surface area contributed by atoms with Gasteiger partial charge in [-0.2, -0.15) is 9.61 Å². The summed E-state index contributed by atoms with van der Waals surface area (Å²) in [6.07, 6.45) is 1.44. The van der Waals surface area contributed by atoms with Crippen LogP contribution in [0, 0.1) is 0 Å². The number of hydrogen-bond acceptors (Lipinski definition) is 6. The van der Waals surface area contributed by atoms with Gasteiger partial charge in [-0.1, -0.05) is 41.1 Å². The summed E-state index contributed by atoms with van der Waals surface area (Å²) in [5.74, 6) is 0.124. The van der Waals surface area contributed by atoms with Crippen molar-refractivity contribution in [3.63, 3.8) is 0 Å². The number of benzene rings is 1. The normalized spacial score (nSPS) is 17.6. The van der Waals surface area contributed by atoms with Crippen molar-refractivity contribution in [1.82, 2.24) is 19.5 Å². The van der Waals surface area contributed by atoms with Crippen LogP contribution >= 0.6 is 22.9 Å². The standard InChI is InChI=1S/C15H15ClN4O2S/c16-11-4-2-1-3-10(11)12(19-5-7-22-8-6-19)13-14(21)20-15(23-13)17-9-18-20/h1-4,9,12,21H,5-8H2. The molecule has 0 spiro atoms. The topological polar surface area (TPSA) is 62.9 Å². The van der Waals surface area contributed by atoms with Gasteiger partial charge in [0.1, 0.15) is 6.33 Å². The van der Waals surface area contributed by atoms with Crippen LogP contribution in [0.1, 0.15) is 16.5 Å². The maximum Gasteiger partial charge on any atom is 0.230 e. The Morgan fingerprint density at radius 1 is 1.26 bits per heavy atom. The van der Waals surface area contributed by atoms with Gasteiger partial charge < -0.3 is 9.84 Å². The summed E-state index contributed by atoms with van der Waals surface area (Å²) in [6.45, 7) is 2.90. The van der Waals surface area contributed by atoms with Crippen LogP contribution in [0.5, 0.6) is 5.88 Å². The third-order valence-electron chi connectivity index (χ3n) is 4.00. The number of morpholine rings is 1. The van der Waals surface area contributed by atoms with Gasteiger partial charge >= 0.3 is 0 Å². The number of nitrogens with zero attached hydrogens (tertiary/aromatic N) is 4. The van der Waals surface area contributed by atoms with Gasteiger partial charge in [-0.3, -0.25) is 4.90 Å². The Labute approximate surface area is 141 Å². The molecule has 0 radical (unpaired) electrons. The molecule has 1 aromatic carbocycles. The maximum absolute atomic E-state index is 10.6. The van der Waals surface area contributed by atoms with Crippen molar-refractivity contribution in [3.05, 3.63) is 46.1 Å². The number of hydrogen-bond donors (Lipinski definition) is 1. The molecule has 1 aliphatic heterocycles. The van der Waals surface area contributed by atoms with E-state index in [1.807, 2.05) is 24.3 Å². The number of ether oxygens (including phenoxy) is 1. The largest absolute Gasteiger partial charge is 0.492 e. The highest BCUT2D eigenvalue weighted by Gasteiger charge is 2.31. The molecule has 1 unspecified atom stereocenters. The highest BCUT2D eigenvalue weighted by molar-refractivity contribution is 7.17. The minimum Gasteiger partial charge on any atom is -0.492 e. The maximum atomic E-state index is 10.6. The quantitative estimate of drug-likeness (QED) is 0.786. The zero-order chi connectivity index (χ0) is 15.8. The van der Waals surface area contributed by atoms with Crippen molar-refractivity contribution in [2.75, 3.05) is 26.3 Å². The molecule has 0 bridgehead atoms. The van der Waals surface area contributed by atoms with Crippen molar-refractivity contribution in [2.45, 2.75) is 6.04 Å². The Morgan fingerprint density at radius 3 is 2.78 bits per heavy atom. The predicted molar refractivity (Wildman–Crippen MR) is 88.2 cm³/mol. The van der Waals surface area contributed by atoms with Crippen molar-refractivity contribution in [2.24, 2.45) is 0 Å². The van der Waals surface area contributed by atoms with E-state index in [4.69, 9.17) is 16.3 Å². The fraction of sp³-hybridized carbons (Fsp3) is 0.333. The van der Waals surface area contributed by atoms with Gasteiger partial charge in [0.15, 0.2) is 0 Å². The van der Waals surface area contributed by atoms with Crippen LogP contribution in [0.25, 0.3) is 4.96 Å². The first-order chi connectivity index (χ1) is 11.3. The first-order valence-corrected chi connectivity index (χ1v) is 8.53. The van der Waals surface area contributed by atoms with Crippen LogP contribution in [0.4, 0.5) is 0 Å². The Balaban J connectivity index is 1.85. The number of aromatic nitrogens is 3. The lowest BCUT2D eigenvalue weighted by molar-refractivity contribution is 0.0241. The van der Waals surface area contributed by atoms with Gasteiger partial charge in [0.25, 0.3) is 0 Å². The van der Waals surface area contributed by atoms with Gasteiger partial charge in [-0.25, -0.2) is 4.98 Å². The summed E-state index contributed by atoms with van der Waals surface area (Å²) in [4.78, 5) is 7.92. The van der Waals surface area contributed by atoms with Crippen LogP contribution in [0.15, 0.2) is 30.6 Å². The van der Waals surface area contributed by atoms with Crippen molar-refractivity contribution >= 4 is 27.9 Å². The summed E-state index contributed by atoms with van der Waals surface area (Å²) < 4.78 is 6.92. The molecule has 23 heavy (non-hydrogen) atoms. The van der Waals surface area contributed by atoms with Crippen LogP contribution in [0.2, 0.25) is 5.02 Å². The Morgan fingerprint density at radius 2 is 2.04 bits per heavy atom. The molecule has 0 aliphatic carbocycles. The van der Waals surface area contributed by atoms with Crippen LogP contribution in [0.3, 0.4) is 0 Å². The van der Waals surface area contributed by atoms with E-state index >= 15 is 0 Å². The van der Waals surface area contributed by atoms with Crippen molar-refractivity contribution < 1.29 is 9.84 Å². The summed E-state index contributed by atoms with van der Waals surface area (Å²) in [6, 6.07) is 7.60. The summed E-state index contributed by atoms with van der Waals surface area (Å²) in [5.41, 5.74) is 0.968. The van der Waals surface area contributed by atoms with E-state index in [0.717, 1.165) is 23.5 Å².